The maximum atomic E-state index is 14.1. The normalized spacial score (nSPS) is 22.4. The van der Waals surface area contributed by atoms with E-state index in [0.717, 1.165) is 39.7 Å². The summed E-state index contributed by atoms with van der Waals surface area (Å²) in [5.74, 6) is -0.0926. The van der Waals surface area contributed by atoms with Gasteiger partial charge in [0.1, 0.15) is 11.0 Å². The van der Waals surface area contributed by atoms with Crippen molar-refractivity contribution in [1.29, 1.82) is 0 Å². The SMILES string of the molecule is CNC(C)C(=O)NC(C(=O)N1CCC2NCC(c3nc(-c4ccccc4)c(-c4ccccc4)s3)C21)C(C)(C)C. The first-order chi connectivity index (χ1) is 18.7. The Kier molecular flexibility index (Phi) is 7.89. The van der Waals surface area contributed by atoms with Crippen molar-refractivity contribution in [3.05, 3.63) is 65.7 Å². The van der Waals surface area contributed by atoms with Crippen LogP contribution in [-0.2, 0) is 9.59 Å². The molecule has 8 heteroatoms. The summed E-state index contributed by atoms with van der Waals surface area (Å²) in [6.45, 7) is 9.28. The molecule has 0 saturated carbocycles. The van der Waals surface area contributed by atoms with Crippen LogP contribution in [0.4, 0.5) is 0 Å². The lowest BCUT2D eigenvalue weighted by Crippen LogP contribution is -2.58. The van der Waals surface area contributed by atoms with Gasteiger partial charge in [-0.3, -0.25) is 9.59 Å². The van der Waals surface area contributed by atoms with Crippen molar-refractivity contribution in [1.82, 2.24) is 25.8 Å². The minimum atomic E-state index is -0.614. The van der Waals surface area contributed by atoms with Crippen molar-refractivity contribution in [3.63, 3.8) is 0 Å². The number of amides is 2. The second-order valence-corrected chi connectivity index (χ2v) is 12.7. The molecule has 2 aromatic carbocycles. The van der Waals surface area contributed by atoms with E-state index in [1.807, 2.05) is 49.9 Å². The standard InChI is InChI=1S/C31H39N5O2S/c1-19(32-5)28(37)35-27(31(2,3)4)30(38)36-17-16-23-25(36)22(18-33-23)29-34-24(20-12-8-6-9-13-20)26(39-29)21-14-10-7-11-15-21/h6-15,19,22-23,25,27,32-33H,16-18H2,1-5H3,(H,35,37). The average Bonchev–Trinajstić information content (AvgIpc) is 3.66. The summed E-state index contributed by atoms with van der Waals surface area (Å²) in [6, 6.07) is 20.0. The van der Waals surface area contributed by atoms with Crippen LogP contribution in [0.3, 0.4) is 0 Å². The van der Waals surface area contributed by atoms with Gasteiger partial charge in [-0.05, 0) is 31.4 Å². The fourth-order valence-corrected chi connectivity index (χ4v) is 6.94. The lowest BCUT2D eigenvalue weighted by Gasteiger charge is -2.37. The molecule has 5 atom stereocenters. The van der Waals surface area contributed by atoms with Gasteiger partial charge in [0.25, 0.3) is 0 Å². The van der Waals surface area contributed by atoms with Crippen molar-refractivity contribution >= 4 is 23.2 Å². The zero-order valence-corrected chi connectivity index (χ0v) is 24.2. The van der Waals surface area contributed by atoms with Gasteiger partial charge in [-0.25, -0.2) is 4.98 Å². The fourth-order valence-electron chi connectivity index (χ4n) is 5.71. The molecule has 0 aliphatic carbocycles. The van der Waals surface area contributed by atoms with Crippen molar-refractivity contribution in [2.75, 3.05) is 20.1 Å². The zero-order valence-electron chi connectivity index (χ0n) is 23.4. The summed E-state index contributed by atoms with van der Waals surface area (Å²) >= 11 is 1.73. The van der Waals surface area contributed by atoms with E-state index in [2.05, 4.69) is 52.3 Å². The minimum Gasteiger partial charge on any atom is -0.342 e. The predicted molar refractivity (Wildman–Crippen MR) is 158 cm³/mol. The van der Waals surface area contributed by atoms with Crippen LogP contribution in [0.5, 0.6) is 0 Å². The number of thiazole rings is 1. The first-order valence-corrected chi connectivity index (χ1v) is 14.6. The summed E-state index contributed by atoms with van der Waals surface area (Å²) in [4.78, 5) is 35.3. The van der Waals surface area contributed by atoms with Crippen molar-refractivity contribution < 1.29 is 9.59 Å². The number of benzene rings is 2. The van der Waals surface area contributed by atoms with E-state index >= 15 is 0 Å². The number of nitrogens with zero attached hydrogens (tertiary/aromatic N) is 2. The molecule has 2 aliphatic rings. The topological polar surface area (TPSA) is 86.4 Å². The van der Waals surface area contributed by atoms with Crippen molar-refractivity contribution in [2.24, 2.45) is 5.41 Å². The van der Waals surface area contributed by atoms with Crippen LogP contribution < -0.4 is 16.0 Å². The van der Waals surface area contributed by atoms with E-state index in [0.29, 0.717) is 6.54 Å². The Morgan fingerprint density at radius 1 is 1.05 bits per heavy atom. The number of nitrogens with one attached hydrogen (secondary N) is 3. The van der Waals surface area contributed by atoms with Gasteiger partial charge in [0.05, 0.1) is 22.7 Å². The van der Waals surface area contributed by atoms with E-state index in [1.54, 1.807) is 25.3 Å². The highest BCUT2D eigenvalue weighted by molar-refractivity contribution is 7.15. The molecule has 0 bridgehead atoms. The molecule has 0 radical (unpaired) electrons. The van der Waals surface area contributed by atoms with Crippen molar-refractivity contribution in [2.45, 2.75) is 64.2 Å². The average molecular weight is 546 g/mol. The van der Waals surface area contributed by atoms with Gasteiger partial charge in [0, 0.05) is 30.6 Å². The molecule has 2 saturated heterocycles. The summed E-state index contributed by atoms with van der Waals surface area (Å²) in [5, 5.41) is 10.8. The van der Waals surface area contributed by atoms with Crippen LogP contribution in [-0.4, -0.2) is 66.0 Å². The predicted octanol–water partition coefficient (Wildman–Crippen LogP) is 4.27. The molecule has 3 N–H and O–H groups in total. The lowest BCUT2D eigenvalue weighted by molar-refractivity contribution is -0.140. The zero-order chi connectivity index (χ0) is 27.7. The molecule has 2 fully saturated rings. The van der Waals surface area contributed by atoms with Crippen molar-refractivity contribution in [3.8, 4) is 21.7 Å². The number of hydrogen-bond acceptors (Lipinski definition) is 6. The van der Waals surface area contributed by atoms with Gasteiger partial charge >= 0.3 is 0 Å². The first-order valence-electron chi connectivity index (χ1n) is 13.8. The van der Waals surface area contributed by atoms with Gasteiger partial charge < -0.3 is 20.9 Å². The van der Waals surface area contributed by atoms with Crippen LogP contribution in [0.25, 0.3) is 21.7 Å². The number of rotatable bonds is 7. The third-order valence-electron chi connectivity index (χ3n) is 8.02. The molecule has 5 unspecified atom stereocenters. The number of aromatic nitrogens is 1. The Labute approximate surface area is 235 Å². The van der Waals surface area contributed by atoms with Crippen LogP contribution in [0.1, 0.15) is 45.0 Å². The minimum absolute atomic E-state index is 0.000581. The van der Waals surface area contributed by atoms with Gasteiger partial charge in [-0.1, -0.05) is 81.4 Å². The number of carbonyl (C=O) groups excluding carboxylic acids is 2. The summed E-state index contributed by atoms with van der Waals surface area (Å²) < 4.78 is 0. The first kappa shape index (κ1) is 27.5. The number of likely N-dealkylation sites (tertiary alicyclic amines) is 1. The smallest absolute Gasteiger partial charge is 0.246 e. The molecule has 3 heterocycles. The number of fused-ring (bicyclic) bond motifs is 1. The highest BCUT2D eigenvalue weighted by Crippen LogP contribution is 2.44. The summed E-state index contributed by atoms with van der Waals surface area (Å²) in [6.07, 6.45) is 0.896. The van der Waals surface area contributed by atoms with Gasteiger partial charge in [-0.15, -0.1) is 11.3 Å². The van der Waals surface area contributed by atoms with E-state index in [9.17, 15) is 9.59 Å². The molecule has 1 aromatic heterocycles. The summed E-state index contributed by atoms with van der Waals surface area (Å²) in [5.41, 5.74) is 2.80. The molecule has 206 valence electrons. The molecule has 0 spiro atoms. The molecular formula is C31H39N5O2S. The Balaban J connectivity index is 1.48. The van der Waals surface area contributed by atoms with Gasteiger partial charge in [0.15, 0.2) is 0 Å². The monoisotopic (exact) mass is 545 g/mol. The molecule has 7 nitrogen and oxygen atoms in total. The maximum absolute atomic E-state index is 14.1. The third-order valence-corrected chi connectivity index (χ3v) is 9.25. The van der Waals surface area contributed by atoms with E-state index in [4.69, 9.17) is 4.98 Å². The number of likely N-dealkylation sites (N-methyl/N-ethyl adjacent to an activating group) is 1. The molecule has 5 rings (SSSR count). The molecule has 3 aromatic rings. The molecular weight excluding hydrogens is 506 g/mol. The second kappa shape index (κ2) is 11.2. The Morgan fingerprint density at radius 3 is 2.31 bits per heavy atom. The largest absolute Gasteiger partial charge is 0.342 e. The third kappa shape index (κ3) is 5.51. The van der Waals surface area contributed by atoms with Crippen LogP contribution in [0.2, 0.25) is 0 Å². The van der Waals surface area contributed by atoms with E-state index in [-0.39, 0.29) is 35.9 Å². The maximum Gasteiger partial charge on any atom is 0.246 e. The highest BCUT2D eigenvalue weighted by atomic mass is 32.1. The number of carbonyl (C=O) groups is 2. The van der Waals surface area contributed by atoms with Crippen LogP contribution in [0, 0.1) is 5.41 Å². The van der Waals surface area contributed by atoms with E-state index < -0.39 is 11.5 Å². The summed E-state index contributed by atoms with van der Waals surface area (Å²) in [7, 11) is 1.75. The second-order valence-electron chi connectivity index (χ2n) is 11.7. The Morgan fingerprint density at radius 2 is 1.69 bits per heavy atom. The Hall–Kier alpha value is -3.07. The molecule has 2 amide bonds. The molecule has 39 heavy (non-hydrogen) atoms. The quantitative estimate of drug-likeness (QED) is 0.413. The Bertz CT molecular complexity index is 1250. The van der Waals surface area contributed by atoms with E-state index in [1.165, 1.54) is 0 Å². The van der Waals surface area contributed by atoms with Crippen LogP contribution >= 0.6 is 11.3 Å². The highest BCUT2D eigenvalue weighted by Gasteiger charge is 2.50. The fraction of sp³-hybridized carbons (Fsp3) is 0.452. The number of hydrogen-bond donors (Lipinski definition) is 3. The lowest BCUT2D eigenvalue weighted by atomic mass is 9.85. The van der Waals surface area contributed by atoms with Gasteiger partial charge in [0.2, 0.25) is 11.8 Å². The molecule has 2 aliphatic heterocycles. The van der Waals surface area contributed by atoms with Crippen LogP contribution in [0.15, 0.2) is 60.7 Å². The van der Waals surface area contributed by atoms with Gasteiger partial charge in [-0.2, -0.15) is 0 Å².